The SMILES string of the molecule is Cc1cn2cc(NC(=O)c3ccc(N4C[C@@H](C)N[C@@H](C)C4)c4ncc(=O)[nH]c34)cc(F)c2n1. The average molecular weight is 449 g/mol. The molecule has 33 heavy (non-hydrogen) atoms. The van der Waals surface area contributed by atoms with Crippen LogP contribution in [0.2, 0.25) is 0 Å². The molecule has 0 unspecified atom stereocenters. The van der Waals surface area contributed by atoms with Crippen LogP contribution in [-0.2, 0) is 0 Å². The molecular weight excluding hydrogens is 425 g/mol. The smallest absolute Gasteiger partial charge is 0.266 e. The number of carbonyl (C=O) groups excluding carboxylic acids is 1. The summed E-state index contributed by atoms with van der Waals surface area (Å²) >= 11 is 0. The van der Waals surface area contributed by atoms with E-state index in [1.165, 1.54) is 16.7 Å². The number of aryl methyl sites for hydroxylation is 1. The summed E-state index contributed by atoms with van der Waals surface area (Å²) < 4.78 is 16.0. The van der Waals surface area contributed by atoms with Crippen LogP contribution in [0.5, 0.6) is 0 Å². The van der Waals surface area contributed by atoms with E-state index in [-0.39, 0.29) is 29.0 Å². The predicted molar refractivity (Wildman–Crippen MR) is 124 cm³/mol. The number of fused-ring (bicyclic) bond motifs is 2. The van der Waals surface area contributed by atoms with Crippen LogP contribution in [0.4, 0.5) is 15.8 Å². The highest BCUT2D eigenvalue weighted by molar-refractivity contribution is 6.13. The third kappa shape index (κ3) is 3.93. The van der Waals surface area contributed by atoms with Gasteiger partial charge in [0.2, 0.25) is 0 Å². The number of H-pyrrole nitrogens is 1. The molecule has 5 rings (SSSR count). The van der Waals surface area contributed by atoms with E-state index in [4.69, 9.17) is 0 Å². The summed E-state index contributed by atoms with van der Waals surface area (Å²) in [7, 11) is 0. The maximum Gasteiger partial charge on any atom is 0.266 e. The second-order valence-corrected chi connectivity index (χ2v) is 8.62. The number of rotatable bonds is 3. The Bertz CT molecular complexity index is 1430. The zero-order chi connectivity index (χ0) is 23.3. The number of benzene rings is 1. The Hall–Kier alpha value is -3.79. The number of carbonyl (C=O) groups is 1. The van der Waals surface area contributed by atoms with Crippen molar-refractivity contribution in [1.82, 2.24) is 24.7 Å². The minimum Gasteiger partial charge on any atom is -0.367 e. The summed E-state index contributed by atoms with van der Waals surface area (Å²) in [5.41, 5.74) is 2.70. The van der Waals surface area contributed by atoms with Crippen molar-refractivity contribution >= 4 is 34.0 Å². The number of hydrogen-bond donors (Lipinski definition) is 3. The Morgan fingerprint density at radius 2 is 1.97 bits per heavy atom. The molecule has 3 N–H and O–H groups in total. The van der Waals surface area contributed by atoms with Crippen molar-refractivity contribution in [3.05, 3.63) is 64.2 Å². The summed E-state index contributed by atoms with van der Waals surface area (Å²) in [6, 6.07) is 5.30. The van der Waals surface area contributed by atoms with E-state index in [0.717, 1.165) is 18.8 Å². The van der Waals surface area contributed by atoms with Crippen molar-refractivity contribution in [2.45, 2.75) is 32.9 Å². The van der Waals surface area contributed by atoms with Gasteiger partial charge in [-0.15, -0.1) is 0 Å². The molecule has 0 bridgehead atoms. The standard InChI is InChI=1S/C23H24FN7O2/c1-12-8-30(9-13(2)26-12)18-5-4-16(20-21(18)25-7-19(32)29-20)23(33)28-15-6-17(24)22-27-14(3)10-31(22)11-15/h4-7,10-13,26H,8-9H2,1-3H3,(H,28,33)(H,29,32)/t12-,13+. The molecule has 1 aliphatic rings. The lowest BCUT2D eigenvalue weighted by molar-refractivity contribution is 0.102. The Morgan fingerprint density at radius 3 is 2.73 bits per heavy atom. The number of aromatic nitrogens is 4. The minimum absolute atomic E-state index is 0.188. The van der Waals surface area contributed by atoms with Crippen LogP contribution < -0.4 is 21.1 Å². The monoisotopic (exact) mass is 449 g/mol. The molecule has 10 heteroatoms. The van der Waals surface area contributed by atoms with Crippen LogP contribution in [-0.4, -0.2) is 50.4 Å². The fraction of sp³-hybridized carbons (Fsp3) is 0.304. The molecule has 1 fully saturated rings. The van der Waals surface area contributed by atoms with Crippen molar-refractivity contribution < 1.29 is 9.18 Å². The molecule has 170 valence electrons. The Labute approximate surface area is 188 Å². The van der Waals surface area contributed by atoms with E-state index in [0.29, 0.717) is 16.7 Å². The molecule has 3 aromatic heterocycles. The maximum atomic E-state index is 14.4. The molecule has 4 aromatic rings. The summed E-state index contributed by atoms with van der Waals surface area (Å²) in [4.78, 5) is 38.7. The molecule has 4 heterocycles. The van der Waals surface area contributed by atoms with Gasteiger partial charge in [0.1, 0.15) is 5.52 Å². The van der Waals surface area contributed by atoms with Gasteiger partial charge in [-0.25, -0.2) is 14.4 Å². The van der Waals surface area contributed by atoms with Gasteiger partial charge in [0.15, 0.2) is 11.5 Å². The van der Waals surface area contributed by atoms with E-state index in [1.807, 2.05) is 6.07 Å². The van der Waals surface area contributed by atoms with Crippen molar-refractivity contribution in [1.29, 1.82) is 0 Å². The number of halogens is 1. The van der Waals surface area contributed by atoms with Gasteiger partial charge in [0, 0.05) is 43.6 Å². The highest BCUT2D eigenvalue weighted by atomic mass is 19.1. The second-order valence-electron chi connectivity index (χ2n) is 8.62. The fourth-order valence-corrected chi connectivity index (χ4v) is 4.53. The molecule has 1 saturated heterocycles. The van der Waals surface area contributed by atoms with Crippen LogP contribution in [0.25, 0.3) is 16.7 Å². The van der Waals surface area contributed by atoms with E-state index < -0.39 is 17.3 Å². The molecule has 2 atom stereocenters. The van der Waals surface area contributed by atoms with Crippen molar-refractivity contribution in [3.8, 4) is 0 Å². The minimum atomic E-state index is -0.543. The Morgan fingerprint density at radius 1 is 1.21 bits per heavy atom. The van der Waals surface area contributed by atoms with Gasteiger partial charge in [0.05, 0.1) is 34.3 Å². The number of imidazole rings is 1. The lowest BCUT2D eigenvalue weighted by Crippen LogP contribution is -2.54. The van der Waals surface area contributed by atoms with Crippen LogP contribution in [0.3, 0.4) is 0 Å². The first-order chi connectivity index (χ1) is 15.8. The van der Waals surface area contributed by atoms with E-state index in [1.54, 1.807) is 25.4 Å². The fourth-order valence-electron chi connectivity index (χ4n) is 4.53. The first-order valence-corrected chi connectivity index (χ1v) is 10.8. The predicted octanol–water partition coefficient (Wildman–Crippen LogP) is 2.46. The van der Waals surface area contributed by atoms with Gasteiger partial charge in [-0.1, -0.05) is 0 Å². The van der Waals surface area contributed by atoms with Gasteiger partial charge in [0.25, 0.3) is 11.5 Å². The molecule has 1 aliphatic heterocycles. The molecule has 1 aromatic carbocycles. The quantitative estimate of drug-likeness (QED) is 0.444. The zero-order valence-corrected chi connectivity index (χ0v) is 18.5. The maximum absolute atomic E-state index is 14.4. The van der Waals surface area contributed by atoms with Crippen LogP contribution in [0.15, 0.2) is 41.6 Å². The zero-order valence-electron chi connectivity index (χ0n) is 18.5. The third-order valence-corrected chi connectivity index (χ3v) is 5.74. The topological polar surface area (TPSA) is 107 Å². The number of pyridine rings is 1. The average Bonchev–Trinajstić information content (AvgIpc) is 3.12. The van der Waals surface area contributed by atoms with E-state index in [9.17, 15) is 14.0 Å². The molecule has 0 spiro atoms. The lowest BCUT2D eigenvalue weighted by Gasteiger charge is -2.38. The highest BCUT2D eigenvalue weighted by Gasteiger charge is 2.24. The summed E-state index contributed by atoms with van der Waals surface area (Å²) in [5, 5.41) is 6.21. The number of nitrogens with zero attached hydrogens (tertiary/aromatic N) is 4. The molecule has 0 aliphatic carbocycles. The summed E-state index contributed by atoms with van der Waals surface area (Å²) in [6.45, 7) is 7.53. The van der Waals surface area contributed by atoms with Gasteiger partial charge >= 0.3 is 0 Å². The molecule has 9 nitrogen and oxygen atoms in total. The Kier molecular flexibility index (Phi) is 5.09. The third-order valence-electron chi connectivity index (χ3n) is 5.74. The number of amides is 1. The molecule has 0 radical (unpaired) electrons. The van der Waals surface area contributed by atoms with Crippen LogP contribution in [0, 0.1) is 12.7 Å². The number of nitrogens with one attached hydrogen (secondary N) is 3. The van der Waals surface area contributed by atoms with Crippen molar-refractivity contribution in [2.75, 3.05) is 23.3 Å². The van der Waals surface area contributed by atoms with Gasteiger partial charge < -0.3 is 24.9 Å². The van der Waals surface area contributed by atoms with Crippen LogP contribution in [0.1, 0.15) is 29.9 Å². The number of hydrogen-bond acceptors (Lipinski definition) is 6. The summed E-state index contributed by atoms with van der Waals surface area (Å²) in [6.07, 6.45) is 4.49. The summed E-state index contributed by atoms with van der Waals surface area (Å²) in [5.74, 6) is -1.02. The van der Waals surface area contributed by atoms with Gasteiger partial charge in [-0.2, -0.15) is 0 Å². The molecule has 0 saturated carbocycles. The van der Waals surface area contributed by atoms with E-state index in [2.05, 4.69) is 44.3 Å². The van der Waals surface area contributed by atoms with Crippen molar-refractivity contribution in [2.24, 2.45) is 0 Å². The second kappa shape index (κ2) is 7.96. The largest absolute Gasteiger partial charge is 0.367 e. The normalized spacial score (nSPS) is 18.7. The van der Waals surface area contributed by atoms with Crippen molar-refractivity contribution in [3.63, 3.8) is 0 Å². The van der Waals surface area contributed by atoms with Gasteiger partial charge in [-0.3, -0.25) is 9.59 Å². The first-order valence-electron chi connectivity index (χ1n) is 10.8. The first kappa shape index (κ1) is 21.1. The van der Waals surface area contributed by atoms with Gasteiger partial charge in [-0.05, 0) is 32.9 Å². The number of anilines is 2. The van der Waals surface area contributed by atoms with Crippen LogP contribution >= 0.6 is 0 Å². The molecule has 1 amide bonds. The van der Waals surface area contributed by atoms with E-state index >= 15 is 0 Å². The number of aromatic amines is 1. The molecular formula is C23H24FN7O2. The Balaban J connectivity index is 1.54. The number of piperazine rings is 1. The lowest BCUT2D eigenvalue weighted by atomic mass is 10.1. The highest BCUT2D eigenvalue weighted by Crippen LogP contribution is 2.28.